The van der Waals surface area contributed by atoms with Crippen LogP contribution in [0.5, 0.6) is 0 Å². The summed E-state index contributed by atoms with van der Waals surface area (Å²) in [5.41, 5.74) is 1.65. The van der Waals surface area contributed by atoms with Crippen molar-refractivity contribution in [3.8, 4) is 0 Å². The number of hydrogen-bond acceptors (Lipinski definition) is 4. The van der Waals surface area contributed by atoms with Crippen molar-refractivity contribution in [2.75, 3.05) is 39.4 Å². The van der Waals surface area contributed by atoms with Crippen molar-refractivity contribution in [2.24, 2.45) is 5.92 Å². The molecule has 1 N–H and O–H groups in total. The van der Waals surface area contributed by atoms with Crippen LogP contribution >= 0.6 is 0 Å². The number of carbonyl (C=O) groups is 2. The molecule has 0 spiro atoms. The summed E-state index contributed by atoms with van der Waals surface area (Å²) in [6.07, 6.45) is 1.25. The summed E-state index contributed by atoms with van der Waals surface area (Å²) < 4.78 is 5.44. The monoisotopic (exact) mass is 357 g/mol. The van der Waals surface area contributed by atoms with Crippen molar-refractivity contribution < 1.29 is 14.3 Å². The van der Waals surface area contributed by atoms with Crippen molar-refractivity contribution in [2.45, 2.75) is 19.5 Å². The van der Waals surface area contributed by atoms with Gasteiger partial charge in [0.05, 0.1) is 13.2 Å². The maximum atomic E-state index is 12.8. The number of nitrogens with one attached hydrogen (secondary N) is 1. The molecule has 6 heteroatoms. The molecule has 0 radical (unpaired) electrons. The van der Waals surface area contributed by atoms with E-state index in [1.54, 1.807) is 0 Å². The molecule has 0 saturated carbocycles. The molecule has 0 aromatic heterocycles. The van der Waals surface area contributed by atoms with Gasteiger partial charge >= 0.3 is 0 Å². The van der Waals surface area contributed by atoms with Crippen molar-refractivity contribution in [3.63, 3.8) is 0 Å². The van der Waals surface area contributed by atoms with Crippen LogP contribution in [-0.2, 0) is 16.1 Å². The molecule has 2 saturated heterocycles. The number of benzene rings is 1. The van der Waals surface area contributed by atoms with Gasteiger partial charge in [-0.15, -0.1) is 0 Å². The first-order valence-corrected chi connectivity index (χ1v) is 9.18. The lowest BCUT2D eigenvalue weighted by atomic mass is 10.0. The fourth-order valence-electron chi connectivity index (χ4n) is 3.71. The van der Waals surface area contributed by atoms with E-state index in [9.17, 15) is 9.59 Å². The molecule has 1 aromatic carbocycles. The molecule has 2 amide bonds. The van der Waals surface area contributed by atoms with Gasteiger partial charge in [0.25, 0.3) is 5.91 Å². The standard InChI is InChI=1S/C20H27N3O3/c1-3-19(24)21-12-16-4-6-17(7-5-16)20(25)23-13-15(2)18(14-23)22-8-10-26-11-9-22/h3-7,15,18H,1,8-14H2,2H3,(H,21,24). The Morgan fingerprint density at radius 2 is 1.92 bits per heavy atom. The van der Waals surface area contributed by atoms with E-state index in [-0.39, 0.29) is 11.8 Å². The van der Waals surface area contributed by atoms with Gasteiger partial charge < -0.3 is 15.0 Å². The molecule has 2 atom stereocenters. The third-order valence-electron chi connectivity index (χ3n) is 5.23. The molecule has 2 aliphatic heterocycles. The van der Waals surface area contributed by atoms with Crippen LogP contribution in [0.2, 0.25) is 0 Å². The van der Waals surface area contributed by atoms with Crippen LogP contribution in [0.1, 0.15) is 22.8 Å². The van der Waals surface area contributed by atoms with E-state index in [4.69, 9.17) is 4.74 Å². The van der Waals surface area contributed by atoms with E-state index < -0.39 is 0 Å². The zero-order chi connectivity index (χ0) is 18.5. The topological polar surface area (TPSA) is 61.9 Å². The third-order valence-corrected chi connectivity index (χ3v) is 5.23. The molecule has 2 aliphatic rings. The number of nitrogens with zero attached hydrogens (tertiary/aromatic N) is 2. The minimum atomic E-state index is -0.203. The molecule has 0 bridgehead atoms. The lowest BCUT2D eigenvalue weighted by Gasteiger charge is -2.34. The average molecular weight is 357 g/mol. The molecule has 2 fully saturated rings. The van der Waals surface area contributed by atoms with Gasteiger partial charge in [-0.05, 0) is 29.7 Å². The Balaban J connectivity index is 1.58. The Morgan fingerprint density at radius 1 is 1.23 bits per heavy atom. The quantitative estimate of drug-likeness (QED) is 0.807. The van der Waals surface area contributed by atoms with Gasteiger partial charge in [-0.1, -0.05) is 25.6 Å². The van der Waals surface area contributed by atoms with E-state index in [2.05, 4.69) is 23.7 Å². The molecule has 1 aromatic rings. The SMILES string of the molecule is C=CC(=O)NCc1ccc(C(=O)N2CC(C)C(N3CCOCC3)C2)cc1. The summed E-state index contributed by atoms with van der Waals surface area (Å²) in [6.45, 7) is 11.1. The minimum absolute atomic E-state index is 0.0780. The van der Waals surface area contributed by atoms with E-state index in [1.165, 1.54) is 6.08 Å². The number of likely N-dealkylation sites (tertiary alicyclic amines) is 1. The molecule has 3 rings (SSSR count). The lowest BCUT2D eigenvalue weighted by molar-refractivity contribution is -0.116. The minimum Gasteiger partial charge on any atom is -0.379 e. The normalized spacial score (nSPS) is 23.7. The summed E-state index contributed by atoms with van der Waals surface area (Å²) in [5.74, 6) is 0.338. The average Bonchev–Trinajstić information content (AvgIpc) is 3.08. The van der Waals surface area contributed by atoms with E-state index in [0.717, 1.165) is 45.0 Å². The van der Waals surface area contributed by atoms with Crippen molar-refractivity contribution in [1.29, 1.82) is 0 Å². The first-order valence-electron chi connectivity index (χ1n) is 9.18. The second-order valence-corrected chi connectivity index (χ2v) is 7.02. The van der Waals surface area contributed by atoms with Crippen LogP contribution in [0.4, 0.5) is 0 Å². The van der Waals surface area contributed by atoms with Gasteiger partial charge in [0.15, 0.2) is 0 Å². The van der Waals surface area contributed by atoms with E-state index in [1.807, 2.05) is 29.2 Å². The predicted molar refractivity (Wildman–Crippen MR) is 99.7 cm³/mol. The summed E-state index contributed by atoms with van der Waals surface area (Å²) >= 11 is 0. The number of carbonyl (C=O) groups excluding carboxylic acids is 2. The van der Waals surface area contributed by atoms with Crippen LogP contribution in [-0.4, -0.2) is 67.0 Å². The first-order chi connectivity index (χ1) is 12.6. The lowest BCUT2D eigenvalue weighted by Crippen LogP contribution is -2.47. The summed E-state index contributed by atoms with van der Waals surface area (Å²) in [5, 5.41) is 2.73. The highest BCUT2D eigenvalue weighted by atomic mass is 16.5. The van der Waals surface area contributed by atoms with Gasteiger partial charge in [-0.3, -0.25) is 14.5 Å². The highest BCUT2D eigenvalue weighted by Crippen LogP contribution is 2.24. The molecular formula is C20H27N3O3. The smallest absolute Gasteiger partial charge is 0.253 e. The van der Waals surface area contributed by atoms with E-state index in [0.29, 0.717) is 24.1 Å². The Bertz CT molecular complexity index is 653. The van der Waals surface area contributed by atoms with Gasteiger partial charge in [0, 0.05) is 44.3 Å². The van der Waals surface area contributed by atoms with Crippen LogP contribution in [0, 0.1) is 5.92 Å². The molecule has 26 heavy (non-hydrogen) atoms. The number of ether oxygens (including phenoxy) is 1. The highest BCUT2D eigenvalue weighted by molar-refractivity contribution is 5.94. The van der Waals surface area contributed by atoms with E-state index >= 15 is 0 Å². The van der Waals surface area contributed by atoms with Crippen LogP contribution in [0.25, 0.3) is 0 Å². The Kier molecular flexibility index (Phi) is 6.06. The second kappa shape index (κ2) is 8.47. The van der Waals surface area contributed by atoms with Crippen LogP contribution < -0.4 is 5.32 Å². The maximum absolute atomic E-state index is 12.8. The fourth-order valence-corrected chi connectivity index (χ4v) is 3.71. The molecular weight excluding hydrogens is 330 g/mol. The molecule has 6 nitrogen and oxygen atoms in total. The molecule has 2 heterocycles. The number of amides is 2. The van der Waals surface area contributed by atoms with Crippen LogP contribution in [0.3, 0.4) is 0 Å². The first kappa shape index (κ1) is 18.6. The Morgan fingerprint density at radius 3 is 2.58 bits per heavy atom. The maximum Gasteiger partial charge on any atom is 0.253 e. The van der Waals surface area contributed by atoms with Gasteiger partial charge in [0.2, 0.25) is 5.91 Å². The molecule has 0 aliphatic carbocycles. The summed E-state index contributed by atoms with van der Waals surface area (Å²) in [6, 6.07) is 7.86. The highest BCUT2D eigenvalue weighted by Gasteiger charge is 2.36. The zero-order valence-electron chi connectivity index (χ0n) is 15.3. The zero-order valence-corrected chi connectivity index (χ0v) is 15.3. The Hall–Kier alpha value is -2.18. The Labute approximate surface area is 154 Å². The summed E-state index contributed by atoms with van der Waals surface area (Å²) in [7, 11) is 0. The van der Waals surface area contributed by atoms with Gasteiger partial charge in [-0.2, -0.15) is 0 Å². The third kappa shape index (κ3) is 4.31. The largest absolute Gasteiger partial charge is 0.379 e. The number of morpholine rings is 1. The van der Waals surface area contributed by atoms with Crippen molar-refractivity contribution in [3.05, 3.63) is 48.0 Å². The van der Waals surface area contributed by atoms with Crippen LogP contribution in [0.15, 0.2) is 36.9 Å². The van der Waals surface area contributed by atoms with Gasteiger partial charge in [-0.25, -0.2) is 0 Å². The summed E-state index contributed by atoms with van der Waals surface area (Å²) in [4.78, 5) is 28.5. The fraction of sp³-hybridized carbons (Fsp3) is 0.500. The number of rotatable bonds is 5. The van der Waals surface area contributed by atoms with Gasteiger partial charge in [0.1, 0.15) is 0 Å². The second-order valence-electron chi connectivity index (χ2n) is 7.02. The molecule has 2 unspecified atom stereocenters. The number of hydrogen-bond donors (Lipinski definition) is 1. The predicted octanol–water partition coefficient (Wildman–Crippen LogP) is 1.28. The molecule has 140 valence electrons. The van der Waals surface area contributed by atoms with Crippen molar-refractivity contribution >= 4 is 11.8 Å². The van der Waals surface area contributed by atoms with Crippen molar-refractivity contribution in [1.82, 2.24) is 15.1 Å².